The molecule has 24 heavy (non-hydrogen) atoms. The van der Waals surface area contributed by atoms with Crippen LogP contribution in [0.1, 0.15) is 26.4 Å². The molecule has 1 aromatic heterocycles. The second-order valence-electron chi connectivity index (χ2n) is 5.67. The third-order valence-corrected chi connectivity index (χ3v) is 4.77. The van der Waals surface area contributed by atoms with Gasteiger partial charge in [0, 0.05) is 11.3 Å². The number of ether oxygens (including phenoxy) is 1. The number of hydrogen-bond donors (Lipinski definition) is 1. The maximum Gasteiger partial charge on any atom is 0.265 e. The summed E-state index contributed by atoms with van der Waals surface area (Å²) < 4.78 is 5.71. The van der Waals surface area contributed by atoms with Crippen LogP contribution in [0.15, 0.2) is 60.0 Å². The molecule has 0 unspecified atom stereocenters. The van der Waals surface area contributed by atoms with Crippen molar-refractivity contribution in [3.63, 3.8) is 0 Å². The van der Waals surface area contributed by atoms with Crippen LogP contribution in [0.25, 0.3) is 0 Å². The molecule has 0 aliphatic heterocycles. The van der Waals surface area contributed by atoms with Crippen LogP contribution in [0.2, 0.25) is 0 Å². The number of thiophene rings is 1. The molecule has 3 nitrogen and oxygen atoms in total. The first kappa shape index (κ1) is 16.3. The lowest BCUT2D eigenvalue weighted by molar-refractivity contribution is 0.103. The van der Waals surface area contributed by atoms with Gasteiger partial charge in [0.25, 0.3) is 5.91 Å². The van der Waals surface area contributed by atoms with Gasteiger partial charge in [0.15, 0.2) is 0 Å². The van der Waals surface area contributed by atoms with Crippen molar-refractivity contribution in [2.24, 2.45) is 0 Å². The van der Waals surface area contributed by atoms with Crippen molar-refractivity contribution >= 4 is 22.9 Å². The van der Waals surface area contributed by atoms with E-state index in [2.05, 4.69) is 12.2 Å². The zero-order valence-corrected chi connectivity index (χ0v) is 14.5. The third-order valence-electron chi connectivity index (χ3n) is 3.79. The minimum Gasteiger partial charge on any atom is -0.489 e. The van der Waals surface area contributed by atoms with Crippen LogP contribution in [0, 0.1) is 13.8 Å². The Bertz CT molecular complexity index is 840. The number of benzene rings is 2. The Morgan fingerprint density at radius 2 is 1.83 bits per heavy atom. The van der Waals surface area contributed by atoms with Crippen LogP contribution in [0.5, 0.6) is 5.75 Å². The normalized spacial score (nSPS) is 10.4. The van der Waals surface area contributed by atoms with Crippen molar-refractivity contribution in [3.8, 4) is 5.75 Å². The van der Waals surface area contributed by atoms with Gasteiger partial charge >= 0.3 is 0 Å². The maximum absolute atomic E-state index is 12.4. The molecule has 0 saturated carbocycles. The van der Waals surface area contributed by atoms with Crippen molar-refractivity contribution in [3.05, 3.63) is 81.5 Å². The highest BCUT2D eigenvalue weighted by molar-refractivity contribution is 7.12. The number of hydrogen-bond acceptors (Lipinski definition) is 3. The standard InChI is InChI=1S/C20H19NO2S/c1-14-8-9-17(10-15(14)2)21-20(22)19-11-16(13-24-19)12-23-18-6-4-3-5-7-18/h3-11,13H,12H2,1-2H3,(H,21,22). The van der Waals surface area contributed by atoms with Crippen LogP contribution in [0.4, 0.5) is 5.69 Å². The van der Waals surface area contributed by atoms with Crippen LogP contribution in [-0.2, 0) is 6.61 Å². The minimum absolute atomic E-state index is 0.0887. The van der Waals surface area contributed by atoms with Gasteiger partial charge in [0.05, 0.1) is 4.88 Å². The number of amides is 1. The Hall–Kier alpha value is -2.59. The van der Waals surface area contributed by atoms with E-state index in [1.165, 1.54) is 16.9 Å². The van der Waals surface area contributed by atoms with E-state index in [0.717, 1.165) is 22.6 Å². The molecule has 0 aliphatic rings. The summed E-state index contributed by atoms with van der Waals surface area (Å²) in [6.07, 6.45) is 0. The van der Waals surface area contributed by atoms with E-state index in [1.807, 2.05) is 66.9 Å². The molecule has 0 fully saturated rings. The van der Waals surface area contributed by atoms with Crippen molar-refractivity contribution in [1.29, 1.82) is 0 Å². The Labute approximate surface area is 145 Å². The molecule has 0 spiro atoms. The van der Waals surface area contributed by atoms with E-state index in [0.29, 0.717) is 11.5 Å². The molecule has 0 aliphatic carbocycles. The summed E-state index contributed by atoms with van der Waals surface area (Å²) in [5.41, 5.74) is 4.19. The van der Waals surface area contributed by atoms with Gasteiger partial charge in [-0.3, -0.25) is 4.79 Å². The average molecular weight is 337 g/mol. The molecule has 4 heteroatoms. The average Bonchev–Trinajstić information content (AvgIpc) is 3.06. The zero-order chi connectivity index (χ0) is 16.9. The Morgan fingerprint density at radius 1 is 1.04 bits per heavy atom. The topological polar surface area (TPSA) is 38.3 Å². The van der Waals surface area contributed by atoms with Crippen LogP contribution < -0.4 is 10.1 Å². The van der Waals surface area contributed by atoms with E-state index in [9.17, 15) is 4.79 Å². The minimum atomic E-state index is -0.0887. The molecule has 1 amide bonds. The number of carbonyl (C=O) groups excluding carboxylic acids is 1. The number of anilines is 1. The first-order valence-electron chi connectivity index (χ1n) is 7.76. The zero-order valence-electron chi connectivity index (χ0n) is 13.7. The van der Waals surface area contributed by atoms with Gasteiger partial charge in [0.2, 0.25) is 0 Å². The summed E-state index contributed by atoms with van der Waals surface area (Å²) >= 11 is 1.43. The number of carbonyl (C=O) groups is 1. The second kappa shape index (κ2) is 7.32. The summed E-state index contributed by atoms with van der Waals surface area (Å²) in [6, 6.07) is 17.5. The van der Waals surface area contributed by atoms with E-state index >= 15 is 0 Å². The maximum atomic E-state index is 12.4. The molecular weight excluding hydrogens is 318 g/mol. The summed E-state index contributed by atoms with van der Waals surface area (Å²) in [5, 5.41) is 4.90. The van der Waals surface area contributed by atoms with Gasteiger partial charge in [-0.15, -0.1) is 11.3 Å². The monoisotopic (exact) mass is 337 g/mol. The van der Waals surface area contributed by atoms with Gasteiger partial charge in [-0.25, -0.2) is 0 Å². The van der Waals surface area contributed by atoms with Gasteiger partial charge in [-0.2, -0.15) is 0 Å². The fourth-order valence-corrected chi connectivity index (χ4v) is 3.06. The molecule has 1 N–H and O–H groups in total. The van der Waals surface area contributed by atoms with Crippen LogP contribution in [-0.4, -0.2) is 5.91 Å². The van der Waals surface area contributed by atoms with Gasteiger partial charge < -0.3 is 10.1 Å². The third kappa shape index (κ3) is 4.03. The number of rotatable bonds is 5. The van der Waals surface area contributed by atoms with E-state index in [1.54, 1.807) is 0 Å². The lowest BCUT2D eigenvalue weighted by atomic mass is 10.1. The van der Waals surface area contributed by atoms with Crippen molar-refractivity contribution in [2.75, 3.05) is 5.32 Å². The Kier molecular flexibility index (Phi) is 4.96. The molecule has 2 aromatic carbocycles. The Morgan fingerprint density at radius 3 is 2.58 bits per heavy atom. The highest BCUT2D eigenvalue weighted by Crippen LogP contribution is 2.20. The largest absolute Gasteiger partial charge is 0.489 e. The quantitative estimate of drug-likeness (QED) is 0.695. The molecule has 3 aromatic rings. The molecule has 0 radical (unpaired) electrons. The fourth-order valence-electron chi connectivity index (χ4n) is 2.27. The first-order chi connectivity index (χ1) is 11.6. The number of aryl methyl sites for hydroxylation is 2. The fraction of sp³-hybridized carbons (Fsp3) is 0.150. The summed E-state index contributed by atoms with van der Waals surface area (Å²) in [5.74, 6) is 0.735. The van der Waals surface area contributed by atoms with Crippen molar-refractivity contribution in [2.45, 2.75) is 20.5 Å². The first-order valence-corrected chi connectivity index (χ1v) is 8.63. The lowest BCUT2D eigenvalue weighted by Crippen LogP contribution is -2.10. The predicted octanol–water partition coefficient (Wildman–Crippen LogP) is 5.20. The number of para-hydroxylation sites is 1. The van der Waals surface area contributed by atoms with Gasteiger partial charge in [-0.1, -0.05) is 24.3 Å². The highest BCUT2D eigenvalue weighted by atomic mass is 32.1. The van der Waals surface area contributed by atoms with Gasteiger partial charge in [-0.05, 0) is 60.7 Å². The number of nitrogens with one attached hydrogen (secondary N) is 1. The molecule has 0 bridgehead atoms. The van der Waals surface area contributed by atoms with Gasteiger partial charge in [0.1, 0.15) is 12.4 Å². The van der Waals surface area contributed by atoms with E-state index in [4.69, 9.17) is 4.74 Å². The van der Waals surface area contributed by atoms with Crippen LogP contribution >= 0.6 is 11.3 Å². The Balaban J connectivity index is 1.62. The molecule has 1 heterocycles. The van der Waals surface area contributed by atoms with Crippen molar-refractivity contribution < 1.29 is 9.53 Å². The van der Waals surface area contributed by atoms with Crippen molar-refractivity contribution in [1.82, 2.24) is 0 Å². The smallest absolute Gasteiger partial charge is 0.265 e. The molecule has 0 saturated heterocycles. The highest BCUT2D eigenvalue weighted by Gasteiger charge is 2.10. The predicted molar refractivity (Wildman–Crippen MR) is 99.0 cm³/mol. The molecule has 0 atom stereocenters. The molecular formula is C20H19NO2S. The molecule has 3 rings (SSSR count). The van der Waals surface area contributed by atoms with E-state index in [-0.39, 0.29) is 5.91 Å². The van der Waals surface area contributed by atoms with E-state index < -0.39 is 0 Å². The second-order valence-corrected chi connectivity index (χ2v) is 6.59. The lowest BCUT2D eigenvalue weighted by Gasteiger charge is -2.06. The summed E-state index contributed by atoms with van der Waals surface area (Å²) in [7, 11) is 0. The SMILES string of the molecule is Cc1ccc(NC(=O)c2cc(COc3ccccc3)cs2)cc1C. The van der Waals surface area contributed by atoms with Crippen LogP contribution in [0.3, 0.4) is 0 Å². The summed E-state index contributed by atoms with van der Waals surface area (Å²) in [6.45, 7) is 4.55. The molecule has 122 valence electrons. The summed E-state index contributed by atoms with van der Waals surface area (Å²) in [4.78, 5) is 13.0.